The molecular formula is C23H40IN3O2. The summed E-state index contributed by atoms with van der Waals surface area (Å²) in [6, 6.07) is 8.98. The minimum absolute atomic E-state index is 0. The highest BCUT2D eigenvalue weighted by atomic mass is 127. The molecule has 166 valence electrons. The van der Waals surface area contributed by atoms with Crippen LogP contribution in [-0.2, 0) is 22.6 Å². The van der Waals surface area contributed by atoms with Gasteiger partial charge in [0.15, 0.2) is 5.96 Å². The highest BCUT2D eigenvalue weighted by molar-refractivity contribution is 14.0. The topological polar surface area (TPSA) is 54.9 Å². The summed E-state index contributed by atoms with van der Waals surface area (Å²) in [5.41, 5.74) is 2.42. The maximum absolute atomic E-state index is 6.05. The molecule has 1 saturated heterocycles. The standard InChI is InChI=1S/C23H39N3O2.HI/c1-5-24-23(26-19(4)10-9-18(2)3)25-16-20-7-6-8-21(15-20)17-28-22-11-13-27-14-12-22;/h6-8,15,18-19,22H,5,9-14,16-17H2,1-4H3,(H2,24,25,26);1H. The molecule has 2 N–H and O–H groups in total. The number of ether oxygens (including phenoxy) is 2. The highest BCUT2D eigenvalue weighted by Gasteiger charge is 2.14. The normalized spacial score (nSPS) is 16.4. The minimum atomic E-state index is 0. The van der Waals surface area contributed by atoms with Crippen LogP contribution in [-0.4, -0.2) is 37.9 Å². The number of hydrogen-bond acceptors (Lipinski definition) is 3. The average molecular weight is 517 g/mol. The summed E-state index contributed by atoms with van der Waals surface area (Å²) in [6.07, 6.45) is 4.70. The predicted octanol–water partition coefficient (Wildman–Crippen LogP) is 4.88. The fourth-order valence-electron chi connectivity index (χ4n) is 3.25. The number of guanidine groups is 1. The Morgan fingerprint density at radius 3 is 2.59 bits per heavy atom. The molecule has 1 aliphatic rings. The zero-order chi connectivity index (χ0) is 20.2. The Morgan fingerprint density at radius 2 is 1.90 bits per heavy atom. The summed E-state index contributed by atoms with van der Waals surface area (Å²) >= 11 is 0. The van der Waals surface area contributed by atoms with Gasteiger partial charge in [-0.15, -0.1) is 24.0 Å². The molecule has 6 heteroatoms. The van der Waals surface area contributed by atoms with Crippen LogP contribution in [0.3, 0.4) is 0 Å². The van der Waals surface area contributed by atoms with Gasteiger partial charge in [-0.1, -0.05) is 38.1 Å². The van der Waals surface area contributed by atoms with Gasteiger partial charge in [-0.2, -0.15) is 0 Å². The third-order valence-electron chi connectivity index (χ3n) is 4.97. The smallest absolute Gasteiger partial charge is 0.191 e. The first-order valence-electron chi connectivity index (χ1n) is 10.9. The third-order valence-corrected chi connectivity index (χ3v) is 4.97. The fraction of sp³-hybridized carbons (Fsp3) is 0.696. The molecule has 0 amide bonds. The number of aliphatic imine (C=N–C) groups is 1. The molecule has 0 radical (unpaired) electrons. The van der Waals surface area contributed by atoms with Gasteiger partial charge in [0.1, 0.15) is 0 Å². The first kappa shape index (κ1) is 26.2. The summed E-state index contributed by atoms with van der Waals surface area (Å²) in [7, 11) is 0. The second-order valence-electron chi connectivity index (χ2n) is 8.15. The second-order valence-corrected chi connectivity index (χ2v) is 8.15. The third kappa shape index (κ3) is 11.2. The van der Waals surface area contributed by atoms with E-state index in [0.717, 1.165) is 50.9 Å². The fourth-order valence-corrected chi connectivity index (χ4v) is 3.25. The molecule has 1 fully saturated rings. The Bertz CT molecular complexity index is 589. The van der Waals surface area contributed by atoms with Crippen LogP contribution in [0, 0.1) is 5.92 Å². The van der Waals surface area contributed by atoms with Crippen LogP contribution in [0.1, 0.15) is 64.5 Å². The zero-order valence-electron chi connectivity index (χ0n) is 18.6. The molecule has 1 aromatic carbocycles. The SMILES string of the molecule is CCNC(=NCc1cccc(COC2CCOCC2)c1)NC(C)CCC(C)C.I. The van der Waals surface area contributed by atoms with E-state index in [0.29, 0.717) is 25.3 Å². The number of rotatable bonds is 10. The van der Waals surface area contributed by atoms with Crippen molar-refractivity contribution in [1.82, 2.24) is 10.6 Å². The Labute approximate surface area is 194 Å². The molecule has 0 bridgehead atoms. The Kier molecular flexibility index (Phi) is 13.6. The maximum Gasteiger partial charge on any atom is 0.191 e. The van der Waals surface area contributed by atoms with E-state index in [4.69, 9.17) is 14.5 Å². The van der Waals surface area contributed by atoms with Crippen LogP contribution < -0.4 is 10.6 Å². The molecule has 2 rings (SSSR count). The minimum Gasteiger partial charge on any atom is -0.381 e. The first-order valence-corrected chi connectivity index (χ1v) is 10.9. The zero-order valence-corrected chi connectivity index (χ0v) is 20.9. The van der Waals surface area contributed by atoms with Crippen molar-refractivity contribution < 1.29 is 9.47 Å². The molecule has 0 saturated carbocycles. The molecular weight excluding hydrogens is 477 g/mol. The Hall–Kier alpha value is -0.860. The number of hydrogen-bond donors (Lipinski definition) is 2. The van der Waals surface area contributed by atoms with Gasteiger partial charge in [-0.05, 0) is 56.6 Å². The number of benzene rings is 1. The van der Waals surface area contributed by atoms with E-state index in [1.165, 1.54) is 17.5 Å². The lowest BCUT2D eigenvalue weighted by atomic mass is 10.0. The summed E-state index contributed by atoms with van der Waals surface area (Å²) in [4.78, 5) is 4.78. The van der Waals surface area contributed by atoms with Gasteiger partial charge < -0.3 is 20.1 Å². The van der Waals surface area contributed by atoms with Crippen molar-refractivity contribution in [3.05, 3.63) is 35.4 Å². The molecule has 0 spiro atoms. The molecule has 1 unspecified atom stereocenters. The van der Waals surface area contributed by atoms with E-state index >= 15 is 0 Å². The molecule has 0 aliphatic carbocycles. The lowest BCUT2D eigenvalue weighted by molar-refractivity contribution is -0.0390. The Balaban J connectivity index is 0.00000420. The van der Waals surface area contributed by atoms with Crippen molar-refractivity contribution in [2.45, 2.75) is 78.7 Å². The van der Waals surface area contributed by atoms with Crippen LogP contribution in [0.25, 0.3) is 0 Å². The van der Waals surface area contributed by atoms with Gasteiger partial charge in [0, 0.05) is 25.8 Å². The van der Waals surface area contributed by atoms with Crippen LogP contribution in [0.15, 0.2) is 29.3 Å². The highest BCUT2D eigenvalue weighted by Crippen LogP contribution is 2.14. The van der Waals surface area contributed by atoms with Crippen molar-refractivity contribution in [2.24, 2.45) is 10.9 Å². The molecule has 29 heavy (non-hydrogen) atoms. The monoisotopic (exact) mass is 517 g/mol. The van der Waals surface area contributed by atoms with E-state index in [-0.39, 0.29) is 24.0 Å². The van der Waals surface area contributed by atoms with Gasteiger partial charge in [-0.3, -0.25) is 0 Å². The molecule has 1 atom stereocenters. The van der Waals surface area contributed by atoms with Gasteiger partial charge in [0.25, 0.3) is 0 Å². The quantitative estimate of drug-likeness (QED) is 0.264. The van der Waals surface area contributed by atoms with E-state index < -0.39 is 0 Å². The lowest BCUT2D eigenvalue weighted by Gasteiger charge is -2.22. The van der Waals surface area contributed by atoms with Crippen LogP contribution >= 0.6 is 24.0 Å². The van der Waals surface area contributed by atoms with Crippen LogP contribution in [0.2, 0.25) is 0 Å². The van der Waals surface area contributed by atoms with Crippen LogP contribution in [0.5, 0.6) is 0 Å². The largest absolute Gasteiger partial charge is 0.381 e. The van der Waals surface area contributed by atoms with Crippen molar-refractivity contribution >= 4 is 29.9 Å². The Morgan fingerprint density at radius 1 is 1.17 bits per heavy atom. The molecule has 1 aromatic rings. The van der Waals surface area contributed by atoms with Gasteiger partial charge in [-0.25, -0.2) is 4.99 Å². The number of nitrogens with one attached hydrogen (secondary N) is 2. The van der Waals surface area contributed by atoms with E-state index in [1.807, 2.05) is 0 Å². The maximum atomic E-state index is 6.05. The molecule has 0 aromatic heterocycles. The van der Waals surface area contributed by atoms with Crippen molar-refractivity contribution in [2.75, 3.05) is 19.8 Å². The first-order chi connectivity index (χ1) is 13.6. The summed E-state index contributed by atoms with van der Waals surface area (Å²) in [5, 5.41) is 6.89. The summed E-state index contributed by atoms with van der Waals surface area (Å²) < 4.78 is 11.4. The van der Waals surface area contributed by atoms with E-state index in [2.05, 4.69) is 62.6 Å². The summed E-state index contributed by atoms with van der Waals surface area (Å²) in [6.45, 7) is 12.7. The average Bonchev–Trinajstić information content (AvgIpc) is 2.70. The van der Waals surface area contributed by atoms with Crippen LogP contribution in [0.4, 0.5) is 0 Å². The van der Waals surface area contributed by atoms with Gasteiger partial charge in [0.05, 0.1) is 19.3 Å². The number of halogens is 1. The molecule has 1 aliphatic heterocycles. The van der Waals surface area contributed by atoms with Gasteiger partial charge in [0.2, 0.25) is 0 Å². The summed E-state index contributed by atoms with van der Waals surface area (Å²) in [5.74, 6) is 1.62. The van der Waals surface area contributed by atoms with E-state index in [9.17, 15) is 0 Å². The van der Waals surface area contributed by atoms with Crippen molar-refractivity contribution in [3.8, 4) is 0 Å². The molecule has 5 nitrogen and oxygen atoms in total. The predicted molar refractivity (Wildman–Crippen MR) is 132 cm³/mol. The van der Waals surface area contributed by atoms with Crippen molar-refractivity contribution in [1.29, 1.82) is 0 Å². The molecule has 1 heterocycles. The lowest BCUT2D eigenvalue weighted by Crippen LogP contribution is -2.42. The second kappa shape index (κ2) is 15.0. The van der Waals surface area contributed by atoms with Crippen molar-refractivity contribution in [3.63, 3.8) is 0 Å². The van der Waals surface area contributed by atoms with Gasteiger partial charge >= 0.3 is 0 Å². The van der Waals surface area contributed by atoms with E-state index in [1.54, 1.807) is 0 Å². The number of nitrogens with zero attached hydrogens (tertiary/aromatic N) is 1.